The Morgan fingerprint density at radius 1 is 1.27 bits per heavy atom. The molecule has 0 N–H and O–H groups in total. The number of hydrogen-bond donors (Lipinski definition) is 0. The van der Waals surface area contributed by atoms with E-state index in [1.807, 2.05) is 23.9 Å². The monoisotopic (exact) mass is 186 g/mol. The van der Waals surface area contributed by atoms with Gasteiger partial charge in [-0.2, -0.15) is 11.8 Å². The van der Waals surface area contributed by atoms with Crippen molar-refractivity contribution in [3.05, 3.63) is 34.9 Å². The molecule has 0 amide bonds. The third kappa shape index (κ3) is 3.17. The molecule has 0 nitrogen and oxygen atoms in total. The minimum atomic E-state index is 0.815. The van der Waals surface area contributed by atoms with E-state index < -0.39 is 0 Å². The van der Waals surface area contributed by atoms with Gasteiger partial charge in [0.25, 0.3) is 0 Å². The highest BCUT2D eigenvalue weighted by atomic mass is 35.5. The molecule has 0 saturated heterocycles. The molecule has 11 heavy (non-hydrogen) atoms. The first-order chi connectivity index (χ1) is 5.33. The number of rotatable bonds is 3. The van der Waals surface area contributed by atoms with Crippen LogP contribution in [-0.2, 0) is 5.75 Å². The van der Waals surface area contributed by atoms with Gasteiger partial charge in [0.2, 0.25) is 0 Å². The van der Waals surface area contributed by atoms with Crippen molar-refractivity contribution in [3.8, 4) is 0 Å². The molecule has 0 spiro atoms. The molecule has 1 aromatic rings. The lowest BCUT2D eigenvalue weighted by molar-refractivity contribution is 1.39. The van der Waals surface area contributed by atoms with Crippen molar-refractivity contribution < 1.29 is 0 Å². The van der Waals surface area contributed by atoms with Crippen LogP contribution in [0.25, 0.3) is 0 Å². The number of benzene rings is 1. The number of thioether (sulfide) groups is 1. The van der Waals surface area contributed by atoms with Gasteiger partial charge in [0.05, 0.1) is 0 Å². The van der Waals surface area contributed by atoms with E-state index in [0.717, 1.165) is 10.8 Å². The van der Waals surface area contributed by atoms with Gasteiger partial charge in [-0.15, -0.1) is 0 Å². The molecule has 0 aliphatic carbocycles. The molecular formula is C9H11ClS. The fourth-order valence-electron chi connectivity index (χ4n) is 0.801. The predicted molar refractivity (Wildman–Crippen MR) is 53.3 cm³/mol. The van der Waals surface area contributed by atoms with E-state index in [0.29, 0.717) is 0 Å². The van der Waals surface area contributed by atoms with Gasteiger partial charge in [0, 0.05) is 10.8 Å². The summed E-state index contributed by atoms with van der Waals surface area (Å²) in [5, 5.41) is 0.815. The van der Waals surface area contributed by atoms with Crippen molar-refractivity contribution >= 4 is 23.4 Å². The molecule has 0 aromatic heterocycles. The Balaban J connectivity index is 2.52. The summed E-state index contributed by atoms with van der Waals surface area (Å²) in [5.41, 5.74) is 1.35. The average Bonchev–Trinajstić information content (AvgIpc) is 2.04. The summed E-state index contributed by atoms with van der Waals surface area (Å²) in [5.74, 6) is 2.26. The van der Waals surface area contributed by atoms with Crippen molar-refractivity contribution in [2.75, 3.05) is 5.75 Å². The van der Waals surface area contributed by atoms with Crippen molar-refractivity contribution in [1.29, 1.82) is 0 Å². The molecule has 0 atom stereocenters. The van der Waals surface area contributed by atoms with Gasteiger partial charge in [-0.1, -0.05) is 30.7 Å². The van der Waals surface area contributed by atoms with Crippen molar-refractivity contribution in [2.24, 2.45) is 0 Å². The van der Waals surface area contributed by atoms with Gasteiger partial charge in [-0.25, -0.2) is 0 Å². The van der Waals surface area contributed by atoms with E-state index in [-0.39, 0.29) is 0 Å². The first kappa shape index (κ1) is 8.95. The fraction of sp³-hybridized carbons (Fsp3) is 0.333. The molecule has 2 heteroatoms. The summed E-state index contributed by atoms with van der Waals surface area (Å²) in [4.78, 5) is 0. The molecule has 0 heterocycles. The van der Waals surface area contributed by atoms with Crippen LogP contribution >= 0.6 is 23.4 Å². The first-order valence-electron chi connectivity index (χ1n) is 3.65. The second-order valence-electron chi connectivity index (χ2n) is 2.26. The highest BCUT2D eigenvalue weighted by molar-refractivity contribution is 7.98. The Morgan fingerprint density at radius 3 is 2.45 bits per heavy atom. The second-order valence-corrected chi connectivity index (χ2v) is 3.97. The summed E-state index contributed by atoms with van der Waals surface area (Å²) in [7, 11) is 0. The standard InChI is InChI=1S/C9H11ClS/c1-2-11-7-8-3-5-9(10)6-4-8/h3-6H,2,7H2,1H3. The van der Waals surface area contributed by atoms with Crippen LogP contribution in [0.1, 0.15) is 12.5 Å². The summed E-state index contributed by atoms with van der Waals surface area (Å²) in [6, 6.07) is 8.02. The molecule has 0 aliphatic heterocycles. The van der Waals surface area contributed by atoms with Crippen LogP contribution in [0.2, 0.25) is 5.02 Å². The Hall–Kier alpha value is -0.140. The van der Waals surface area contributed by atoms with Crippen LogP contribution in [-0.4, -0.2) is 5.75 Å². The van der Waals surface area contributed by atoms with Gasteiger partial charge in [0.15, 0.2) is 0 Å². The molecule has 0 bridgehead atoms. The molecular weight excluding hydrogens is 176 g/mol. The van der Waals surface area contributed by atoms with Gasteiger partial charge >= 0.3 is 0 Å². The third-order valence-corrected chi connectivity index (χ3v) is 2.58. The summed E-state index contributed by atoms with van der Waals surface area (Å²) >= 11 is 7.66. The molecule has 0 radical (unpaired) electrons. The van der Waals surface area contributed by atoms with Crippen LogP contribution in [0.3, 0.4) is 0 Å². The van der Waals surface area contributed by atoms with Crippen LogP contribution in [0.5, 0.6) is 0 Å². The lowest BCUT2D eigenvalue weighted by Gasteiger charge is -1.98. The largest absolute Gasteiger partial charge is 0.157 e. The lowest BCUT2D eigenvalue weighted by atomic mass is 10.2. The van der Waals surface area contributed by atoms with Gasteiger partial charge in [0.1, 0.15) is 0 Å². The molecule has 1 aromatic carbocycles. The van der Waals surface area contributed by atoms with Crippen molar-refractivity contribution in [3.63, 3.8) is 0 Å². The van der Waals surface area contributed by atoms with Crippen molar-refractivity contribution in [2.45, 2.75) is 12.7 Å². The molecule has 0 saturated carbocycles. The van der Waals surface area contributed by atoms with Crippen LogP contribution in [0, 0.1) is 0 Å². The second kappa shape index (κ2) is 4.68. The summed E-state index contributed by atoms with van der Waals surface area (Å²) in [6.45, 7) is 2.17. The fourth-order valence-corrected chi connectivity index (χ4v) is 1.56. The molecule has 60 valence electrons. The van der Waals surface area contributed by atoms with E-state index in [2.05, 4.69) is 19.1 Å². The maximum absolute atomic E-state index is 5.74. The van der Waals surface area contributed by atoms with E-state index in [4.69, 9.17) is 11.6 Å². The predicted octanol–water partition coefficient (Wildman–Crippen LogP) is 3.59. The number of hydrogen-bond acceptors (Lipinski definition) is 1. The number of halogens is 1. The Kier molecular flexibility index (Phi) is 3.81. The van der Waals surface area contributed by atoms with E-state index in [1.165, 1.54) is 11.3 Å². The zero-order valence-corrected chi connectivity index (χ0v) is 8.08. The van der Waals surface area contributed by atoms with Crippen LogP contribution in [0.15, 0.2) is 24.3 Å². The maximum atomic E-state index is 5.74. The SMILES string of the molecule is CCSCc1ccc(Cl)cc1. The van der Waals surface area contributed by atoms with Gasteiger partial charge < -0.3 is 0 Å². The maximum Gasteiger partial charge on any atom is 0.0406 e. The van der Waals surface area contributed by atoms with Gasteiger partial charge in [-0.3, -0.25) is 0 Å². The minimum absolute atomic E-state index is 0.815. The van der Waals surface area contributed by atoms with Gasteiger partial charge in [-0.05, 0) is 23.4 Å². The first-order valence-corrected chi connectivity index (χ1v) is 5.18. The van der Waals surface area contributed by atoms with E-state index >= 15 is 0 Å². The smallest absolute Gasteiger partial charge is 0.0406 e. The van der Waals surface area contributed by atoms with Crippen molar-refractivity contribution in [1.82, 2.24) is 0 Å². The van der Waals surface area contributed by atoms with E-state index in [1.54, 1.807) is 0 Å². The molecule has 0 aliphatic rings. The Bertz CT molecular complexity index is 205. The molecule has 1 rings (SSSR count). The topological polar surface area (TPSA) is 0 Å². The Labute approximate surface area is 77.0 Å². The minimum Gasteiger partial charge on any atom is -0.157 e. The zero-order valence-electron chi connectivity index (χ0n) is 6.51. The average molecular weight is 187 g/mol. The van der Waals surface area contributed by atoms with E-state index in [9.17, 15) is 0 Å². The molecule has 0 fully saturated rings. The quantitative estimate of drug-likeness (QED) is 0.695. The summed E-state index contributed by atoms with van der Waals surface area (Å²) < 4.78 is 0. The zero-order chi connectivity index (χ0) is 8.10. The summed E-state index contributed by atoms with van der Waals surface area (Å²) in [6.07, 6.45) is 0. The Morgan fingerprint density at radius 2 is 1.91 bits per heavy atom. The van der Waals surface area contributed by atoms with Crippen LogP contribution in [0.4, 0.5) is 0 Å². The third-order valence-electron chi connectivity index (χ3n) is 1.39. The highest BCUT2D eigenvalue weighted by Crippen LogP contribution is 2.14. The molecule has 0 unspecified atom stereocenters. The normalized spacial score (nSPS) is 10.0. The van der Waals surface area contributed by atoms with Crippen LogP contribution < -0.4 is 0 Å². The highest BCUT2D eigenvalue weighted by Gasteiger charge is 1.91. The lowest BCUT2D eigenvalue weighted by Crippen LogP contribution is -1.79.